The molecule has 0 heterocycles. The summed E-state index contributed by atoms with van der Waals surface area (Å²) in [5, 5.41) is 8.89. The van der Waals surface area contributed by atoms with Crippen LogP contribution in [0.2, 0.25) is 0 Å². The lowest BCUT2D eigenvalue weighted by molar-refractivity contribution is -0.118. The van der Waals surface area contributed by atoms with E-state index in [1.807, 2.05) is 38.1 Å². The van der Waals surface area contributed by atoms with E-state index in [2.05, 4.69) is 6.07 Å². The Balaban J connectivity index is 2.10. The third-order valence-electron chi connectivity index (χ3n) is 4.17. The molecule has 5 heteroatoms. The lowest BCUT2D eigenvalue weighted by atomic mass is 10.2. The molecule has 0 atom stereocenters. The minimum absolute atomic E-state index is 0.0296. The molecule has 0 aliphatic rings. The molecule has 2 aromatic carbocycles. The van der Waals surface area contributed by atoms with Gasteiger partial charge in [-0.25, -0.2) is 0 Å². The Labute approximate surface area is 154 Å². The average molecular weight is 349 g/mol. The zero-order valence-electron chi connectivity index (χ0n) is 15.4. The molecule has 0 saturated heterocycles. The van der Waals surface area contributed by atoms with Crippen LogP contribution in [0.25, 0.3) is 0 Å². The van der Waals surface area contributed by atoms with E-state index < -0.39 is 0 Å². The van der Waals surface area contributed by atoms with E-state index >= 15 is 0 Å². The molecule has 0 saturated carbocycles. The van der Waals surface area contributed by atoms with Gasteiger partial charge in [-0.05, 0) is 55.8 Å². The Morgan fingerprint density at radius 2 is 1.73 bits per heavy atom. The molecule has 0 bridgehead atoms. The van der Waals surface area contributed by atoms with Crippen LogP contribution >= 0.6 is 0 Å². The highest BCUT2D eigenvalue weighted by Gasteiger charge is 2.18. The summed E-state index contributed by atoms with van der Waals surface area (Å²) < 4.78 is 0. The molecule has 0 unspecified atom stereocenters. The second-order valence-corrected chi connectivity index (χ2v) is 6.06. The smallest absolute Gasteiger partial charge is 0.228 e. The molecule has 2 amide bonds. The van der Waals surface area contributed by atoms with Gasteiger partial charge < -0.3 is 9.80 Å². The molecule has 0 fully saturated rings. The number of anilines is 2. The first-order valence-electron chi connectivity index (χ1n) is 8.61. The Bertz CT molecular complexity index is 822. The zero-order chi connectivity index (χ0) is 19.1. The van der Waals surface area contributed by atoms with Crippen molar-refractivity contribution in [3.05, 3.63) is 59.7 Å². The van der Waals surface area contributed by atoms with E-state index in [0.717, 1.165) is 11.3 Å². The maximum absolute atomic E-state index is 12.7. The van der Waals surface area contributed by atoms with Crippen LogP contribution in [-0.2, 0) is 9.59 Å². The van der Waals surface area contributed by atoms with Crippen molar-refractivity contribution >= 4 is 23.2 Å². The van der Waals surface area contributed by atoms with Crippen LogP contribution in [0.15, 0.2) is 48.5 Å². The van der Waals surface area contributed by atoms with Gasteiger partial charge in [-0.1, -0.05) is 12.1 Å². The summed E-state index contributed by atoms with van der Waals surface area (Å²) in [5.41, 5.74) is 3.18. The number of nitrogens with zero attached hydrogens (tertiary/aromatic N) is 3. The molecule has 134 valence electrons. The monoisotopic (exact) mass is 349 g/mol. The predicted molar refractivity (Wildman–Crippen MR) is 103 cm³/mol. The average Bonchev–Trinajstić information content (AvgIpc) is 2.63. The summed E-state index contributed by atoms with van der Waals surface area (Å²) in [7, 11) is 0. The molecule has 0 aliphatic heterocycles. The minimum Gasteiger partial charge on any atom is -0.313 e. The molecule has 2 rings (SSSR count). The normalized spacial score (nSPS) is 10.1. The van der Waals surface area contributed by atoms with Crippen molar-refractivity contribution in [2.45, 2.75) is 27.2 Å². The van der Waals surface area contributed by atoms with Gasteiger partial charge in [0.1, 0.15) is 0 Å². The van der Waals surface area contributed by atoms with Crippen LogP contribution in [0.5, 0.6) is 0 Å². The van der Waals surface area contributed by atoms with Crippen molar-refractivity contribution in [3.63, 3.8) is 0 Å². The third kappa shape index (κ3) is 4.70. The van der Waals surface area contributed by atoms with Crippen LogP contribution in [-0.4, -0.2) is 24.9 Å². The molecule has 0 aliphatic carbocycles. The van der Waals surface area contributed by atoms with Crippen molar-refractivity contribution in [3.8, 4) is 6.07 Å². The van der Waals surface area contributed by atoms with E-state index in [1.165, 1.54) is 6.92 Å². The van der Waals surface area contributed by atoms with Crippen molar-refractivity contribution in [2.24, 2.45) is 0 Å². The number of carbonyl (C=O) groups excluding carboxylic acids is 2. The SMILES string of the molecule is CCN(C(=O)CCN(C(C)=O)c1ccc(C#N)cc1)c1cccc(C)c1. The van der Waals surface area contributed by atoms with Crippen LogP contribution in [0.1, 0.15) is 31.4 Å². The fraction of sp³-hybridized carbons (Fsp3) is 0.286. The molecule has 5 nitrogen and oxygen atoms in total. The van der Waals surface area contributed by atoms with Gasteiger partial charge in [0.25, 0.3) is 0 Å². The fourth-order valence-corrected chi connectivity index (χ4v) is 2.83. The van der Waals surface area contributed by atoms with Crippen LogP contribution in [0.4, 0.5) is 11.4 Å². The lowest BCUT2D eigenvalue weighted by Crippen LogP contribution is -2.36. The highest BCUT2D eigenvalue weighted by Crippen LogP contribution is 2.19. The van der Waals surface area contributed by atoms with E-state index in [4.69, 9.17) is 5.26 Å². The number of amides is 2. The van der Waals surface area contributed by atoms with Gasteiger partial charge in [-0.15, -0.1) is 0 Å². The van der Waals surface area contributed by atoms with E-state index in [9.17, 15) is 9.59 Å². The largest absolute Gasteiger partial charge is 0.313 e. The standard InChI is InChI=1S/C21H23N3O2/c1-4-23(20-7-5-6-16(2)14-20)21(26)12-13-24(17(3)25)19-10-8-18(15-22)9-11-19/h5-11,14H,4,12-13H2,1-3H3. The predicted octanol–water partition coefficient (Wildman–Crippen LogP) is 3.66. The molecular weight excluding hydrogens is 326 g/mol. The molecule has 0 N–H and O–H groups in total. The lowest BCUT2D eigenvalue weighted by Gasteiger charge is -2.25. The van der Waals surface area contributed by atoms with Crippen molar-refractivity contribution < 1.29 is 9.59 Å². The summed E-state index contributed by atoms with van der Waals surface area (Å²) in [6.07, 6.45) is 0.224. The second-order valence-electron chi connectivity index (χ2n) is 6.06. The highest BCUT2D eigenvalue weighted by atomic mass is 16.2. The quantitative estimate of drug-likeness (QED) is 0.799. The number of carbonyl (C=O) groups is 2. The first-order valence-corrected chi connectivity index (χ1v) is 8.61. The summed E-state index contributed by atoms with van der Waals surface area (Å²) in [5.74, 6) is -0.167. The van der Waals surface area contributed by atoms with Crippen molar-refractivity contribution in [1.29, 1.82) is 5.26 Å². The highest BCUT2D eigenvalue weighted by molar-refractivity contribution is 5.96. The van der Waals surface area contributed by atoms with Crippen LogP contribution in [0.3, 0.4) is 0 Å². The Morgan fingerprint density at radius 3 is 2.27 bits per heavy atom. The number of benzene rings is 2. The van der Waals surface area contributed by atoms with E-state index in [1.54, 1.807) is 34.1 Å². The first-order chi connectivity index (χ1) is 12.5. The summed E-state index contributed by atoms with van der Waals surface area (Å²) in [6.45, 7) is 6.26. The zero-order valence-corrected chi connectivity index (χ0v) is 15.4. The Hall–Kier alpha value is -3.13. The summed E-state index contributed by atoms with van der Waals surface area (Å²) >= 11 is 0. The van der Waals surface area contributed by atoms with Crippen molar-refractivity contribution in [1.82, 2.24) is 0 Å². The van der Waals surface area contributed by atoms with Gasteiger partial charge in [0.05, 0.1) is 11.6 Å². The van der Waals surface area contributed by atoms with Crippen LogP contribution in [0, 0.1) is 18.3 Å². The maximum atomic E-state index is 12.7. The van der Waals surface area contributed by atoms with Gasteiger partial charge in [0, 0.05) is 37.8 Å². The number of hydrogen-bond donors (Lipinski definition) is 0. The maximum Gasteiger partial charge on any atom is 0.228 e. The Kier molecular flexibility index (Phi) is 6.51. The fourth-order valence-electron chi connectivity index (χ4n) is 2.83. The number of aryl methyl sites for hydroxylation is 1. The Morgan fingerprint density at radius 1 is 1.04 bits per heavy atom. The molecule has 0 aromatic heterocycles. The number of hydrogen-bond acceptors (Lipinski definition) is 3. The van der Waals surface area contributed by atoms with Gasteiger partial charge in [0.15, 0.2) is 0 Å². The molecule has 0 spiro atoms. The topological polar surface area (TPSA) is 64.4 Å². The van der Waals surface area contributed by atoms with Crippen molar-refractivity contribution in [2.75, 3.05) is 22.9 Å². The van der Waals surface area contributed by atoms with E-state index in [-0.39, 0.29) is 18.2 Å². The van der Waals surface area contributed by atoms with Crippen LogP contribution < -0.4 is 9.80 Å². The summed E-state index contributed by atoms with van der Waals surface area (Å²) in [6, 6.07) is 16.6. The van der Waals surface area contributed by atoms with E-state index in [0.29, 0.717) is 24.3 Å². The number of nitriles is 1. The minimum atomic E-state index is -0.138. The molecule has 26 heavy (non-hydrogen) atoms. The van der Waals surface area contributed by atoms with Gasteiger partial charge in [-0.3, -0.25) is 9.59 Å². The third-order valence-corrected chi connectivity index (χ3v) is 4.17. The molecular formula is C21H23N3O2. The first kappa shape index (κ1) is 19.2. The van der Waals surface area contributed by atoms with Gasteiger partial charge in [-0.2, -0.15) is 5.26 Å². The van der Waals surface area contributed by atoms with Gasteiger partial charge in [0.2, 0.25) is 11.8 Å². The molecule has 0 radical (unpaired) electrons. The number of rotatable bonds is 6. The summed E-state index contributed by atoms with van der Waals surface area (Å²) in [4.78, 5) is 28.0. The molecule has 2 aromatic rings. The second kappa shape index (κ2) is 8.82. The van der Waals surface area contributed by atoms with Gasteiger partial charge >= 0.3 is 0 Å².